The number of benzene rings is 1. The molecule has 0 amide bonds. The number of likely N-dealkylation sites (N-methyl/N-ethyl adjacent to an activating group) is 1. The fraction of sp³-hybridized carbons (Fsp3) is 0.400. The molecule has 0 aliphatic carbocycles. The van der Waals surface area contributed by atoms with E-state index in [1.807, 2.05) is 12.1 Å². The Kier molecular flexibility index (Phi) is 4.85. The van der Waals surface area contributed by atoms with E-state index in [0.29, 0.717) is 29.4 Å². The van der Waals surface area contributed by atoms with Gasteiger partial charge in [0, 0.05) is 19.6 Å². The number of piperidine rings is 1. The number of phenols is 1. The third-order valence-corrected chi connectivity index (χ3v) is 5.29. The summed E-state index contributed by atoms with van der Waals surface area (Å²) < 4.78 is 40.3. The molecular weight excluding hydrogens is 383 g/mol. The quantitative estimate of drug-likeness (QED) is 0.693. The summed E-state index contributed by atoms with van der Waals surface area (Å²) in [4.78, 5) is 11.3. The van der Waals surface area contributed by atoms with Crippen LogP contribution >= 0.6 is 0 Å². The number of fused-ring (bicyclic) bond motifs is 1. The van der Waals surface area contributed by atoms with Crippen LogP contribution in [0.3, 0.4) is 0 Å². The number of alkyl halides is 3. The second-order valence-corrected chi connectivity index (χ2v) is 7.51. The number of hydrogen-bond donors (Lipinski definition) is 2. The lowest BCUT2D eigenvalue weighted by molar-refractivity contribution is -0.137. The predicted octanol–water partition coefficient (Wildman–Crippen LogP) is 3.87. The van der Waals surface area contributed by atoms with E-state index < -0.39 is 17.5 Å². The maximum absolute atomic E-state index is 12.9. The number of imidazole rings is 1. The Morgan fingerprint density at radius 2 is 1.93 bits per heavy atom. The molecule has 1 aromatic carbocycles. The Balaban J connectivity index is 1.65. The number of pyridine rings is 1. The number of rotatable bonds is 3. The lowest BCUT2D eigenvalue weighted by atomic mass is 10.1. The maximum Gasteiger partial charge on any atom is 0.416 e. The molecule has 0 radical (unpaired) electrons. The van der Waals surface area contributed by atoms with E-state index >= 15 is 0 Å². The molecule has 4 rings (SSSR count). The Labute approximate surface area is 166 Å². The molecule has 1 saturated heterocycles. The topological polar surface area (TPSA) is 66.2 Å². The monoisotopic (exact) mass is 405 g/mol. The number of halogens is 3. The molecule has 0 spiro atoms. The molecule has 1 fully saturated rings. The van der Waals surface area contributed by atoms with Crippen LogP contribution < -0.4 is 5.32 Å². The van der Waals surface area contributed by atoms with Crippen LogP contribution in [0.4, 0.5) is 19.0 Å². The van der Waals surface area contributed by atoms with Crippen molar-refractivity contribution in [2.45, 2.75) is 25.1 Å². The van der Waals surface area contributed by atoms with Gasteiger partial charge in [-0.2, -0.15) is 13.2 Å². The maximum atomic E-state index is 12.9. The molecule has 2 aromatic heterocycles. The minimum absolute atomic E-state index is 0.224. The summed E-state index contributed by atoms with van der Waals surface area (Å²) in [5.41, 5.74) is 0.517. The normalized spacial score (nSPS) is 18.3. The average Bonchev–Trinajstić information content (AvgIpc) is 2.97. The summed E-state index contributed by atoms with van der Waals surface area (Å²) in [5.74, 6) is 0.592. The van der Waals surface area contributed by atoms with Crippen LogP contribution in [-0.2, 0) is 13.2 Å². The van der Waals surface area contributed by atoms with E-state index in [-0.39, 0.29) is 5.56 Å². The highest BCUT2D eigenvalue weighted by atomic mass is 19.4. The summed E-state index contributed by atoms with van der Waals surface area (Å²) in [6.07, 6.45) is -2.33. The van der Waals surface area contributed by atoms with Crippen molar-refractivity contribution in [2.75, 3.05) is 25.5 Å². The van der Waals surface area contributed by atoms with Gasteiger partial charge in [-0.05, 0) is 56.8 Å². The van der Waals surface area contributed by atoms with Gasteiger partial charge in [0.1, 0.15) is 17.4 Å². The van der Waals surface area contributed by atoms with Crippen molar-refractivity contribution < 1.29 is 18.3 Å². The number of hydrogen-bond acceptors (Lipinski definition) is 5. The van der Waals surface area contributed by atoms with E-state index in [0.717, 1.165) is 37.5 Å². The first-order valence-corrected chi connectivity index (χ1v) is 9.41. The molecule has 1 aliphatic rings. The minimum Gasteiger partial charge on any atom is -0.507 e. The number of nitrogens with one attached hydrogen (secondary N) is 1. The number of aryl methyl sites for hydroxylation is 1. The first-order valence-electron chi connectivity index (χ1n) is 9.41. The van der Waals surface area contributed by atoms with Gasteiger partial charge in [0.05, 0.1) is 16.6 Å². The number of aromatic hydroxyl groups is 1. The van der Waals surface area contributed by atoms with Crippen molar-refractivity contribution >= 4 is 17.0 Å². The Bertz CT molecular complexity index is 1050. The van der Waals surface area contributed by atoms with Gasteiger partial charge in [0.15, 0.2) is 5.65 Å². The van der Waals surface area contributed by atoms with E-state index in [4.69, 9.17) is 0 Å². The van der Waals surface area contributed by atoms with Gasteiger partial charge >= 0.3 is 6.18 Å². The van der Waals surface area contributed by atoms with Gasteiger partial charge in [-0.1, -0.05) is 0 Å². The average molecular weight is 405 g/mol. The number of likely N-dealkylation sites (tertiary alicyclic amines) is 1. The SMILES string of the molecule is CN1CCCC(Nc2ccc3c(n2)nc(-c2ccc(C(F)(F)F)cc2O)n3C)C1. The zero-order valence-electron chi connectivity index (χ0n) is 16.2. The molecule has 9 heteroatoms. The largest absolute Gasteiger partial charge is 0.507 e. The van der Waals surface area contributed by atoms with Crippen molar-refractivity contribution in [3.8, 4) is 17.1 Å². The molecule has 3 aromatic rings. The fourth-order valence-corrected chi connectivity index (χ4v) is 3.79. The van der Waals surface area contributed by atoms with Crippen molar-refractivity contribution in [2.24, 2.45) is 7.05 Å². The minimum atomic E-state index is -4.52. The second-order valence-electron chi connectivity index (χ2n) is 7.51. The first-order chi connectivity index (χ1) is 13.7. The van der Waals surface area contributed by atoms with Crippen LogP contribution in [0.1, 0.15) is 18.4 Å². The molecule has 154 valence electrons. The third kappa shape index (κ3) is 3.87. The van der Waals surface area contributed by atoms with Gasteiger partial charge in [-0.3, -0.25) is 0 Å². The molecule has 1 unspecified atom stereocenters. The summed E-state index contributed by atoms with van der Waals surface area (Å²) in [5, 5.41) is 13.6. The van der Waals surface area contributed by atoms with Crippen LogP contribution in [0.15, 0.2) is 30.3 Å². The van der Waals surface area contributed by atoms with Crippen molar-refractivity contribution in [1.82, 2.24) is 19.4 Å². The number of phenolic OH excluding ortho intramolecular Hbond substituents is 1. The molecule has 0 bridgehead atoms. The molecule has 1 atom stereocenters. The first kappa shape index (κ1) is 19.5. The zero-order chi connectivity index (χ0) is 20.8. The fourth-order valence-electron chi connectivity index (χ4n) is 3.79. The molecular formula is C20H22F3N5O. The van der Waals surface area contributed by atoms with Crippen LogP contribution in [0.2, 0.25) is 0 Å². The van der Waals surface area contributed by atoms with Gasteiger partial charge in [0.2, 0.25) is 0 Å². The van der Waals surface area contributed by atoms with Crippen molar-refractivity contribution in [3.05, 3.63) is 35.9 Å². The van der Waals surface area contributed by atoms with E-state index in [9.17, 15) is 18.3 Å². The molecule has 0 saturated carbocycles. The van der Waals surface area contributed by atoms with Gasteiger partial charge in [-0.15, -0.1) is 0 Å². The molecule has 3 heterocycles. The molecule has 6 nitrogen and oxygen atoms in total. The van der Waals surface area contributed by atoms with Crippen molar-refractivity contribution in [1.29, 1.82) is 0 Å². The summed E-state index contributed by atoms with van der Waals surface area (Å²) in [6, 6.07) is 6.93. The Hall–Kier alpha value is -2.81. The molecule has 1 aliphatic heterocycles. The second kappa shape index (κ2) is 7.22. The standard InChI is InChI=1S/C20H22F3N5O/c1-27-9-3-4-13(11-27)24-17-8-7-15-18(25-17)26-19(28(15)2)14-6-5-12(10-16(14)29)20(21,22)23/h5-8,10,13,29H,3-4,9,11H2,1-2H3,(H,24,25). The number of anilines is 1. The highest BCUT2D eigenvalue weighted by Crippen LogP contribution is 2.36. The number of nitrogens with zero attached hydrogens (tertiary/aromatic N) is 4. The van der Waals surface area contributed by atoms with Crippen LogP contribution in [0.5, 0.6) is 5.75 Å². The lowest BCUT2D eigenvalue weighted by Gasteiger charge is -2.30. The van der Waals surface area contributed by atoms with E-state index in [2.05, 4.69) is 27.2 Å². The van der Waals surface area contributed by atoms with E-state index in [1.54, 1.807) is 11.6 Å². The Morgan fingerprint density at radius 3 is 2.62 bits per heavy atom. The predicted molar refractivity (Wildman–Crippen MR) is 105 cm³/mol. The summed E-state index contributed by atoms with van der Waals surface area (Å²) >= 11 is 0. The highest BCUT2D eigenvalue weighted by Gasteiger charge is 2.31. The highest BCUT2D eigenvalue weighted by molar-refractivity contribution is 5.80. The zero-order valence-corrected chi connectivity index (χ0v) is 16.2. The molecule has 2 N–H and O–H groups in total. The Morgan fingerprint density at radius 1 is 1.14 bits per heavy atom. The summed E-state index contributed by atoms with van der Waals surface area (Å²) in [6.45, 7) is 2.03. The lowest BCUT2D eigenvalue weighted by Crippen LogP contribution is -2.39. The van der Waals surface area contributed by atoms with Crippen LogP contribution in [-0.4, -0.2) is 50.7 Å². The molecule has 29 heavy (non-hydrogen) atoms. The van der Waals surface area contributed by atoms with Gasteiger partial charge < -0.3 is 19.9 Å². The van der Waals surface area contributed by atoms with Crippen molar-refractivity contribution in [3.63, 3.8) is 0 Å². The van der Waals surface area contributed by atoms with Gasteiger partial charge in [-0.25, -0.2) is 9.97 Å². The van der Waals surface area contributed by atoms with Crippen LogP contribution in [0, 0.1) is 0 Å². The summed E-state index contributed by atoms with van der Waals surface area (Å²) in [7, 11) is 3.83. The van der Waals surface area contributed by atoms with Gasteiger partial charge in [0.25, 0.3) is 0 Å². The van der Waals surface area contributed by atoms with E-state index in [1.165, 1.54) is 6.07 Å². The third-order valence-electron chi connectivity index (χ3n) is 5.29. The smallest absolute Gasteiger partial charge is 0.416 e. The van der Waals surface area contributed by atoms with Crippen LogP contribution in [0.25, 0.3) is 22.6 Å². The number of aromatic nitrogens is 3.